The number of nitrogens with zero attached hydrogens (tertiary/aromatic N) is 1. The Kier molecular flexibility index (Phi) is 5.68. The summed E-state index contributed by atoms with van der Waals surface area (Å²) in [6.45, 7) is 2.69. The Morgan fingerprint density at radius 1 is 1.50 bits per heavy atom. The van der Waals surface area contributed by atoms with Crippen molar-refractivity contribution >= 4 is 9.84 Å². The van der Waals surface area contributed by atoms with Crippen LogP contribution in [0.4, 0.5) is 4.39 Å². The summed E-state index contributed by atoms with van der Waals surface area (Å²) in [6.07, 6.45) is 3.91. The third-order valence-electron chi connectivity index (χ3n) is 2.54. The highest BCUT2D eigenvalue weighted by molar-refractivity contribution is 7.90. The van der Waals surface area contributed by atoms with Gasteiger partial charge in [0.05, 0.1) is 17.5 Å². The number of rotatable bonds is 7. The van der Waals surface area contributed by atoms with E-state index in [2.05, 4.69) is 10.3 Å². The molecule has 0 saturated heterocycles. The Balaban J connectivity index is 2.81. The summed E-state index contributed by atoms with van der Waals surface area (Å²) in [4.78, 5) is 4.00. The van der Waals surface area contributed by atoms with E-state index in [1.54, 1.807) is 0 Å². The summed E-state index contributed by atoms with van der Waals surface area (Å²) in [7, 11) is -3.06. The predicted octanol–water partition coefficient (Wildman–Crippen LogP) is 1.70. The van der Waals surface area contributed by atoms with E-state index in [4.69, 9.17) is 0 Å². The highest BCUT2D eigenvalue weighted by Crippen LogP contribution is 2.18. The van der Waals surface area contributed by atoms with Crippen molar-refractivity contribution in [1.82, 2.24) is 10.3 Å². The monoisotopic (exact) mass is 274 g/mol. The molecule has 1 atom stereocenters. The van der Waals surface area contributed by atoms with Gasteiger partial charge in [0.2, 0.25) is 0 Å². The lowest BCUT2D eigenvalue weighted by molar-refractivity contribution is 0.473. The maximum Gasteiger partial charge on any atom is 0.147 e. The number of pyridine rings is 1. The normalized spacial score (nSPS) is 13.5. The summed E-state index contributed by atoms with van der Waals surface area (Å²) in [5.41, 5.74) is 0.287. The van der Waals surface area contributed by atoms with Crippen LogP contribution in [0.1, 0.15) is 31.5 Å². The molecule has 4 nitrogen and oxygen atoms in total. The van der Waals surface area contributed by atoms with E-state index < -0.39 is 15.7 Å². The molecular formula is C12H19FN2O2S. The lowest BCUT2D eigenvalue weighted by Crippen LogP contribution is -2.26. The summed E-state index contributed by atoms with van der Waals surface area (Å²) >= 11 is 0. The molecule has 0 aliphatic rings. The molecule has 0 fully saturated rings. The highest BCUT2D eigenvalue weighted by atomic mass is 32.2. The molecule has 102 valence electrons. The minimum Gasteiger partial charge on any atom is -0.309 e. The molecule has 0 aliphatic carbocycles. The van der Waals surface area contributed by atoms with Gasteiger partial charge in [0.15, 0.2) is 0 Å². The summed E-state index contributed by atoms with van der Waals surface area (Å²) in [5.74, 6) is -0.385. The van der Waals surface area contributed by atoms with E-state index in [0.29, 0.717) is 13.0 Å². The van der Waals surface area contributed by atoms with Gasteiger partial charge in [-0.25, -0.2) is 12.8 Å². The average Bonchev–Trinajstić information content (AvgIpc) is 2.29. The molecule has 1 aromatic rings. The molecule has 0 radical (unpaired) electrons. The third-order valence-corrected chi connectivity index (χ3v) is 3.51. The van der Waals surface area contributed by atoms with Crippen LogP contribution >= 0.6 is 0 Å². The maximum absolute atomic E-state index is 13.6. The first kappa shape index (κ1) is 15.0. The van der Waals surface area contributed by atoms with Crippen molar-refractivity contribution in [2.24, 2.45) is 0 Å². The van der Waals surface area contributed by atoms with Crippen LogP contribution in [0, 0.1) is 5.82 Å². The van der Waals surface area contributed by atoms with Crippen molar-refractivity contribution in [1.29, 1.82) is 0 Å². The molecule has 1 N–H and O–H groups in total. The van der Waals surface area contributed by atoms with E-state index in [1.807, 2.05) is 6.92 Å². The van der Waals surface area contributed by atoms with E-state index in [9.17, 15) is 12.8 Å². The molecule has 18 heavy (non-hydrogen) atoms. The minimum absolute atomic E-state index is 0.0182. The minimum atomic E-state index is -3.06. The molecule has 6 heteroatoms. The molecule has 1 aromatic heterocycles. The average molecular weight is 274 g/mol. The first-order valence-electron chi connectivity index (χ1n) is 5.95. The molecule has 0 spiro atoms. The smallest absolute Gasteiger partial charge is 0.147 e. The van der Waals surface area contributed by atoms with Gasteiger partial charge in [-0.05, 0) is 31.5 Å². The van der Waals surface area contributed by atoms with Crippen molar-refractivity contribution < 1.29 is 12.8 Å². The molecule has 1 heterocycles. The molecule has 1 unspecified atom stereocenters. The molecule has 0 aliphatic heterocycles. The molecular weight excluding hydrogens is 255 g/mol. The largest absolute Gasteiger partial charge is 0.309 e. The van der Waals surface area contributed by atoms with Gasteiger partial charge in [-0.1, -0.05) is 6.92 Å². The van der Waals surface area contributed by atoms with Gasteiger partial charge < -0.3 is 5.32 Å². The quantitative estimate of drug-likeness (QED) is 0.822. The number of sulfone groups is 1. The number of hydrogen-bond donors (Lipinski definition) is 1. The van der Waals surface area contributed by atoms with Gasteiger partial charge in [0.1, 0.15) is 15.7 Å². The second-order valence-electron chi connectivity index (χ2n) is 4.30. The lowest BCUT2D eigenvalue weighted by atomic mass is 10.1. The fraction of sp³-hybridized carbons (Fsp3) is 0.583. The van der Waals surface area contributed by atoms with Gasteiger partial charge in [0, 0.05) is 12.5 Å². The molecule has 1 rings (SSSR count). The number of nitrogens with one attached hydrogen (secondary N) is 1. The van der Waals surface area contributed by atoms with Crippen LogP contribution in [0.25, 0.3) is 0 Å². The van der Waals surface area contributed by atoms with Gasteiger partial charge in [-0.15, -0.1) is 0 Å². The van der Waals surface area contributed by atoms with Crippen LogP contribution in [0.3, 0.4) is 0 Å². The topological polar surface area (TPSA) is 59.1 Å². The van der Waals surface area contributed by atoms with Crippen molar-refractivity contribution in [3.63, 3.8) is 0 Å². The van der Waals surface area contributed by atoms with E-state index in [1.165, 1.54) is 24.6 Å². The second kappa shape index (κ2) is 6.80. The Bertz CT molecular complexity index is 477. The summed E-state index contributed by atoms with van der Waals surface area (Å²) in [5, 5.41) is 3.13. The molecule has 0 saturated carbocycles. The van der Waals surface area contributed by atoms with Crippen LogP contribution < -0.4 is 5.32 Å². The van der Waals surface area contributed by atoms with E-state index >= 15 is 0 Å². The first-order valence-corrected chi connectivity index (χ1v) is 8.01. The van der Waals surface area contributed by atoms with Crippen molar-refractivity contribution in [3.8, 4) is 0 Å². The number of hydrogen-bond acceptors (Lipinski definition) is 4. The van der Waals surface area contributed by atoms with Gasteiger partial charge >= 0.3 is 0 Å². The Morgan fingerprint density at radius 3 is 2.78 bits per heavy atom. The van der Waals surface area contributed by atoms with Gasteiger partial charge in [-0.2, -0.15) is 0 Å². The SMILES string of the molecule is CCCNC(CCS(C)(=O)=O)c1ncccc1F. The highest BCUT2D eigenvalue weighted by Gasteiger charge is 2.18. The van der Waals surface area contributed by atoms with Crippen LogP contribution in [-0.4, -0.2) is 32.0 Å². The lowest BCUT2D eigenvalue weighted by Gasteiger charge is -2.18. The Hall–Kier alpha value is -1.01. The van der Waals surface area contributed by atoms with Crippen LogP contribution in [0.15, 0.2) is 18.3 Å². The van der Waals surface area contributed by atoms with Crippen molar-refractivity contribution in [2.45, 2.75) is 25.8 Å². The van der Waals surface area contributed by atoms with Crippen LogP contribution in [0.5, 0.6) is 0 Å². The zero-order chi connectivity index (χ0) is 13.6. The van der Waals surface area contributed by atoms with Gasteiger partial charge in [-0.3, -0.25) is 4.98 Å². The third kappa shape index (κ3) is 5.10. The van der Waals surface area contributed by atoms with E-state index in [-0.39, 0.29) is 17.5 Å². The van der Waals surface area contributed by atoms with Gasteiger partial charge in [0.25, 0.3) is 0 Å². The summed E-state index contributed by atoms with van der Waals surface area (Å²) < 4.78 is 36.0. The maximum atomic E-state index is 13.6. The number of aromatic nitrogens is 1. The van der Waals surface area contributed by atoms with E-state index in [0.717, 1.165) is 6.42 Å². The first-order chi connectivity index (χ1) is 8.44. The number of halogens is 1. The zero-order valence-electron chi connectivity index (χ0n) is 10.7. The fourth-order valence-electron chi connectivity index (χ4n) is 1.64. The van der Waals surface area contributed by atoms with Crippen molar-refractivity contribution in [3.05, 3.63) is 29.8 Å². The fourth-order valence-corrected chi connectivity index (χ4v) is 2.30. The zero-order valence-corrected chi connectivity index (χ0v) is 11.5. The molecule has 0 aromatic carbocycles. The second-order valence-corrected chi connectivity index (χ2v) is 6.56. The standard InChI is InChI=1S/C12H19FN2O2S/c1-3-7-14-11(6-9-18(2,16)17)12-10(13)5-4-8-15-12/h4-5,8,11,14H,3,6-7,9H2,1-2H3. The Morgan fingerprint density at radius 2 is 2.22 bits per heavy atom. The molecule has 0 bridgehead atoms. The Labute approximate surface area is 108 Å². The van der Waals surface area contributed by atoms with Crippen molar-refractivity contribution in [2.75, 3.05) is 18.6 Å². The van der Waals surface area contributed by atoms with Crippen LogP contribution in [0.2, 0.25) is 0 Å². The van der Waals surface area contributed by atoms with Crippen LogP contribution in [-0.2, 0) is 9.84 Å². The molecule has 0 amide bonds. The predicted molar refractivity (Wildman–Crippen MR) is 69.6 cm³/mol. The summed E-state index contributed by atoms with van der Waals surface area (Å²) in [6, 6.07) is 2.50.